The molecule has 1 aromatic carbocycles. The quantitative estimate of drug-likeness (QED) is 0.813. The van der Waals surface area contributed by atoms with Crippen molar-refractivity contribution in [1.82, 2.24) is 20.3 Å². The summed E-state index contributed by atoms with van der Waals surface area (Å²) in [5.41, 5.74) is 1.94. The van der Waals surface area contributed by atoms with E-state index in [1.165, 1.54) is 30.2 Å². The minimum Gasteiger partial charge on any atom is -0.468 e. The van der Waals surface area contributed by atoms with Crippen LogP contribution in [0.15, 0.2) is 30.5 Å². The van der Waals surface area contributed by atoms with Crippen LogP contribution in [0.4, 0.5) is 0 Å². The van der Waals surface area contributed by atoms with Gasteiger partial charge < -0.3 is 10.1 Å². The molecule has 0 aliphatic heterocycles. The van der Waals surface area contributed by atoms with Gasteiger partial charge in [-0.3, -0.25) is 4.79 Å². The van der Waals surface area contributed by atoms with Crippen molar-refractivity contribution in [3.05, 3.63) is 46.7 Å². The van der Waals surface area contributed by atoms with Crippen molar-refractivity contribution < 1.29 is 9.53 Å². The van der Waals surface area contributed by atoms with Gasteiger partial charge in [0.2, 0.25) is 0 Å². The molecule has 0 saturated heterocycles. The molecule has 1 aliphatic rings. The van der Waals surface area contributed by atoms with Crippen LogP contribution in [0.1, 0.15) is 36.9 Å². The van der Waals surface area contributed by atoms with E-state index in [9.17, 15) is 4.79 Å². The van der Waals surface area contributed by atoms with E-state index >= 15 is 0 Å². The fourth-order valence-electron chi connectivity index (χ4n) is 3.29. The van der Waals surface area contributed by atoms with Gasteiger partial charge in [0.15, 0.2) is 0 Å². The maximum absolute atomic E-state index is 11.3. The van der Waals surface area contributed by atoms with Crippen LogP contribution in [0.5, 0.6) is 0 Å². The lowest BCUT2D eigenvalue weighted by atomic mass is 9.88. The van der Waals surface area contributed by atoms with Crippen molar-refractivity contribution in [3.63, 3.8) is 0 Å². The largest absolute Gasteiger partial charge is 0.468 e. The summed E-state index contributed by atoms with van der Waals surface area (Å²) in [6, 6.07) is 8.05. The van der Waals surface area contributed by atoms with E-state index in [4.69, 9.17) is 11.6 Å². The Morgan fingerprint density at radius 2 is 2.21 bits per heavy atom. The van der Waals surface area contributed by atoms with Gasteiger partial charge in [0.25, 0.3) is 0 Å². The highest BCUT2D eigenvalue weighted by Crippen LogP contribution is 2.39. The predicted molar refractivity (Wildman–Crippen MR) is 90.5 cm³/mol. The second-order valence-electron chi connectivity index (χ2n) is 6.14. The number of carbonyl (C=O) groups is 1. The smallest absolute Gasteiger partial charge is 0.327 e. The van der Waals surface area contributed by atoms with Gasteiger partial charge in [0, 0.05) is 17.1 Å². The SMILES string of the molecule is COC(=O)Cn1cc(CNC2(c3cccc(Cl)c3)CCCC2)nn1. The molecular weight excluding hydrogens is 328 g/mol. The lowest BCUT2D eigenvalue weighted by molar-refractivity contribution is -0.141. The Morgan fingerprint density at radius 3 is 2.92 bits per heavy atom. The Kier molecular flexibility index (Phi) is 5.16. The average molecular weight is 349 g/mol. The molecule has 1 heterocycles. The van der Waals surface area contributed by atoms with Crippen LogP contribution in [0.25, 0.3) is 0 Å². The van der Waals surface area contributed by atoms with Crippen molar-refractivity contribution >= 4 is 17.6 Å². The van der Waals surface area contributed by atoms with Crippen LogP contribution >= 0.6 is 11.6 Å². The summed E-state index contributed by atoms with van der Waals surface area (Å²) in [4.78, 5) is 11.3. The monoisotopic (exact) mass is 348 g/mol. The number of halogens is 1. The minimum atomic E-state index is -0.342. The molecule has 128 valence electrons. The van der Waals surface area contributed by atoms with Crippen molar-refractivity contribution in [2.45, 2.75) is 44.3 Å². The van der Waals surface area contributed by atoms with Crippen molar-refractivity contribution in [2.24, 2.45) is 0 Å². The Labute approximate surface area is 146 Å². The zero-order valence-corrected chi connectivity index (χ0v) is 14.4. The zero-order chi connectivity index (χ0) is 17.0. The number of benzene rings is 1. The Balaban J connectivity index is 1.70. The van der Waals surface area contributed by atoms with E-state index in [0.717, 1.165) is 23.6 Å². The van der Waals surface area contributed by atoms with Gasteiger partial charge >= 0.3 is 5.97 Å². The van der Waals surface area contributed by atoms with Gasteiger partial charge in [-0.25, -0.2) is 4.68 Å². The first kappa shape index (κ1) is 16.9. The number of nitrogens with one attached hydrogen (secondary N) is 1. The number of hydrogen-bond acceptors (Lipinski definition) is 5. The first-order chi connectivity index (χ1) is 11.6. The van der Waals surface area contributed by atoms with Crippen molar-refractivity contribution in [1.29, 1.82) is 0 Å². The van der Waals surface area contributed by atoms with Crippen LogP contribution in [-0.2, 0) is 28.2 Å². The molecule has 3 rings (SSSR count). The van der Waals surface area contributed by atoms with Gasteiger partial charge in [-0.05, 0) is 30.5 Å². The number of hydrogen-bond donors (Lipinski definition) is 1. The highest BCUT2D eigenvalue weighted by Gasteiger charge is 2.35. The number of ether oxygens (including phenoxy) is 1. The third kappa shape index (κ3) is 3.76. The van der Waals surface area contributed by atoms with Crippen molar-refractivity contribution in [2.75, 3.05) is 7.11 Å². The molecule has 0 unspecified atom stereocenters. The minimum absolute atomic E-state index is 0.0724. The highest BCUT2D eigenvalue weighted by molar-refractivity contribution is 6.30. The van der Waals surface area contributed by atoms with Gasteiger partial charge in [-0.15, -0.1) is 5.10 Å². The van der Waals surface area contributed by atoms with Crippen LogP contribution in [0.3, 0.4) is 0 Å². The predicted octanol–water partition coefficient (Wildman–Crippen LogP) is 2.66. The molecule has 0 bridgehead atoms. The molecule has 0 radical (unpaired) electrons. The fraction of sp³-hybridized carbons (Fsp3) is 0.471. The van der Waals surface area contributed by atoms with Crippen LogP contribution in [0, 0.1) is 0 Å². The average Bonchev–Trinajstić information content (AvgIpc) is 3.23. The van der Waals surface area contributed by atoms with E-state index < -0.39 is 0 Å². The standard InChI is InChI=1S/C17H21ClN4O2/c1-24-16(23)12-22-11-15(20-21-22)10-19-17(7-2-3-8-17)13-5-4-6-14(18)9-13/h4-6,9,11,19H,2-3,7-8,10,12H2,1H3. The molecule has 1 N–H and O–H groups in total. The van der Waals surface area contributed by atoms with Crippen LogP contribution in [-0.4, -0.2) is 28.1 Å². The van der Waals surface area contributed by atoms with Gasteiger partial charge in [-0.2, -0.15) is 0 Å². The normalized spacial score (nSPS) is 16.2. The van der Waals surface area contributed by atoms with Gasteiger partial charge in [0.05, 0.1) is 19.0 Å². The fourth-order valence-corrected chi connectivity index (χ4v) is 3.48. The summed E-state index contributed by atoms with van der Waals surface area (Å²) in [6.45, 7) is 0.663. The third-order valence-electron chi connectivity index (χ3n) is 4.55. The van der Waals surface area contributed by atoms with Gasteiger partial charge in [0.1, 0.15) is 6.54 Å². The number of nitrogens with zero attached hydrogens (tertiary/aromatic N) is 3. The molecule has 1 saturated carbocycles. The molecule has 1 aromatic heterocycles. The molecule has 24 heavy (non-hydrogen) atoms. The number of methoxy groups -OCH3 is 1. The van der Waals surface area contributed by atoms with Crippen molar-refractivity contribution in [3.8, 4) is 0 Å². The molecule has 7 heteroatoms. The second-order valence-corrected chi connectivity index (χ2v) is 6.57. The molecule has 0 atom stereocenters. The summed E-state index contributed by atoms with van der Waals surface area (Å²) < 4.78 is 6.12. The Bertz CT molecular complexity index is 710. The lowest BCUT2D eigenvalue weighted by Crippen LogP contribution is -2.39. The summed E-state index contributed by atoms with van der Waals surface area (Å²) in [5.74, 6) is -0.342. The molecule has 1 aliphatic carbocycles. The number of carbonyl (C=O) groups excluding carboxylic acids is 1. The maximum atomic E-state index is 11.3. The third-order valence-corrected chi connectivity index (χ3v) is 4.78. The molecular formula is C17H21ClN4O2. The van der Waals surface area contributed by atoms with E-state index in [-0.39, 0.29) is 18.1 Å². The molecule has 6 nitrogen and oxygen atoms in total. The summed E-state index contributed by atoms with van der Waals surface area (Å²) in [6.07, 6.45) is 6.29. The van der Waals surface area contributed by atoms with E-state index in [0.29, 0.717) is 6.54 Å². The molecule has 2 aromatic rings. The topological polar surface area (TPSA) is 69.0 Å². The Morgan fingerprint density at radius 1 is 1.42 bits per heavy atom. The van der Waals surface area contributed by atoms with E-state index in [2.05, 4.69) is 26.4 Å². The summed E-state index contributed by atoms with van der Waals surface area (Å²) in [5, 5.41) is 12.5. The lowest BCUT2D eigenvalue weighted by Gasteiger charge is -2.31. The second kappa shape index (κ2) is 7.32. The number of esters is 1. The van der Waals surface area contributed by atoms with E-state index in [1.807, 2.05) is 18.2 Å². The van der Waals surface area contributed by atoms with E-state index in [1.54, 1.807) is 6.20 Å². The van der Waals surface area contributed by atoms with Crippen LogP contribution < -0.4 is 5.32 Å². The first-order valence-corrected chi connectivity index (χ1v) is 8.46. The maximum Gasteiger partial charge on any atom is 0.327 e. The van der Waals surface area contributed by atoms with Gasteiger partial charge in [-0.1, -0.05) is 41.8 Å². The summed E-state index contributed by atoms with van der Waals surface area (Å²) in [7, 11) is 1.36. The summed E-state index contributed by atoms with van der Waals surface area (Å²) >= 11 is 6.17. The Hall–Kier alpha value is -1.92. The number of rotatable bonds is 6. The molecule has 0 spiro atoms. The van der Waals surface area contributed by atoms with Crippen LogP contribution in [0.2, 0.25) is 5.02 Å². The first-order valence-electron chi connectivity index (χ1n) is 8.08. The highest BCUT2D eigenvalue weighted by atomic mass is 35.5. The zero-order valence-electron chi connectivity index (χ0n) is 13.7. The number of aromatic nitrogens is 3. The molecule has 1 fully saturated rings. The molecule has 0 amide bonds.